The summed E-state index contributed by atoms with van der Waals surface area (Å²) in [5.74, 6) is 0.591. The van der Waals surface area contributed by atoms with E-state index in [1.165, 1.54) is 29.7 Å². The molecule has 1 aromatic rings. The number of hydrogen-bond acceptors (Lipinski definition) is 2. The van der Waals surface area contributed by atoms with Gasteiger partial charge in [-0.25, -0.2) is 0 Å². The first kappa shape index (κ1) is 12.0. The summed E-state index contributed by atoms with van der Waals surface area (Å²) in [7, 11) is 0. The molecule has 0 aromatic heterocycles. The maximum Gasteiger partial charge on any atom is 0.0110 e. The van der Waals surface area contributed by atoms with Gasteiger partial charge in [0, 0.05) is 10.1 Å². The maximum atomic E-state index is 5.65. The largest absolute Gasteiger partial charge is 0.330 e. The van der Waals surface area contributed by atoms with Crippen molar-refractivity contribution in [1.82, 2.24) is 0 Å². The molecule has 0 saturated heterocycles. The minimum absolute atomic E-state index is 0.591. The lowest BCUT2D eigenvalue weighted by molar-refractivity contribution is 0.521. The lowest BCUT2D eigenvalue weighted by Gasteiger charge is -2.26. The Hall–Kier alpha value is -0.470. The zero-order chi connectivity index (χ0) is 11.4. The van der Waals surface area contributed by atoms with Crippen LogP contribution in [0.15, 0.2) is 29.2 Å². The summed E-state index contributed by atoms with van der Waals surface area (Å²) in [5.41, 5.74) is 7.14. The molecule has 1 aliphatic rings. The molecule has 88 valence electrons. The van der Waals surface area contributed by atoms with Gasteiger partial charge in [0.2, 0.25) is 0 Å². The smallest absolute Gasteiger partial charge is 0.0110 e. The highest BCUT2D eigenvalue weighted by atomic mass is 32.2. The second-order valence-corrected chi connectivity index (χ2v) is 6.03. The number of rotatable bonds is 5. The zero-order valence-electron chi connectivity index (χ0n) is 9.99. The van der Waals surface area contributed by atoms with Gasteiger partial charge in [0.1, 0.15) is 0 Å². The Labute approximate surface area is 103 Å². The van der Waals surface area contributed by atoms with Gasteiger partial charge >= 0.3 is 0 Å². The summed E-state index contributed by atoms with van der Waals surface area (Å²) in [5, 5.41) is 0.867. The fourth-order valence-electron chi connectivity index (χ4n) is 2.07. The molecule has 16 heavy (non-hydrogen) atoms. The van der Waals surface area contributed by atoms with Crippen molar-refractivity contribution >= 4 is 11.8 Å². The van der Waals surface area contributed by atoms with E-state index in [0.717, 1.165) is 18.2 Å². The minimum Gasteiger partial charge on any atom is -0.330 e. The zero-order valence-corrected chi connectivity index (χ0v) is 10.8. The Kier molecular flexibility index (Phi) is 4.30. The van der Waals surface area contributed by atoms with Crippen LogP contribution in [0.5, 0.6) is 0 Å². The Morgan fingerprint density at radius 1 is 1.38 bits per heavy atom. The molecule has 0 bridgehead atoms. The standard InChI is InChI=1S/C14H21NS/c1-11(9-10-15)13-7-2-3-8-14(13)16-12-5-4-6-12/h2-3,7-8,11-12H,4-6,9-10,15H2,1H3. The van der Waals surface area contributed by atoms with Crippen molar-refractivity contribution in [2.75, 3.05) is 6.54 Å². The molecule has 2 rings (SSSR count). The van der Waals surface area contributed by atoms with Crippen molar-refractivity contribution in [2.24, 2.45) is 5.73 Å². The van der Waals surface area contributed by atoms with Gasteiger partial charge in [0.25, 0.3) is 0 Å². The van der Waals surface area contributed by atoms with Crippen LogP contribution >= 0.6 is 11.8 Å². The summed E-state index contributed by atoms with van der Waals surface area (Å²) < 4.78 is 0. The fraction of sp³-hybridized carbons (Fsp3) is 0.571. The molecular formula is C14H21NS. The van der Waals surface area contributed by atoms with E-state index in [0.29, 0.717) is 5.92 Å². The van der Waals surface area contributed by atoms with E-state index in [4.69, 9.17) is 5.73 Å². The van der Waals surface area contributed by atoms with Crippen molar-refractivity contribution in [3.8, 4) is 0 Å². The third-order valence-corrected chi connectivity index (χ3v) is 4.83. The molecule has 0 amide bonds. The van der Waals surface area contributed by atoms with E-state index < -0.39 is 0 Å². The highest BCUT2D eigenvalue weighted by Crippen LogP contribution is 2.39. The Morgan fingerprint density at radius 2 is 2.12 bits per heavy atom. The van der Waals surface area contributed by atoms with Crippen molar-refractivity contribution in [3.63, 3.8) is 0 Å². The Morgan fingerprint density at radius 3 is 2.75 bits per heavy atom. The quantitative estimate of drug-likeness (QED) is 0.840. The maximum absolute atomic E-state index is 5.65. The van der Waals surface area contributed by atoms with Gasteiger partial charge in [0.15, 0.2) is 0 Å². The first-order valence-electron chi connectivity index (χ1n) is 6.27. The van der Waals surface area contributed by atoms with Crippen LogP contribution in [-0.2, 0) is 0 Å². The van der Waals surface area contributed by atoms with Crippen LogP contribution in [0.1, 0.15) is 44.1 Å². The number of nitrogens with two attached hydrogens (primary N) is 1. The van der Waals surface area contributed by atoms with E-state index in [2.05, 4.69) is 43.0 Å². The molecule has 1 aliphatic carbocycles. The minimum atomic E-state index is 0.591. The van der Waals surface area contributed by atoms with E-state index in [9.17, 15) is 0 Å². The Bertz CT molecular complexity index is 333. The molecule has 0 aliphatic heterocycles. The van der Waals surface area contributed by atoms with E-state index >= 15 is 0 Å². The van der Waals surface area contributed by atoms with Gasteiger partial charge in [-0.1, -0.05) is 31.5 Å². The fourth-order valence-corrected chi connectivity index (χ4v) is 3.56. The van der Waals surface area contributed by atoms with Crippen LogP contribution in [0.25, 0.3) is 0 Å². The third kappa shape index (κ3) is 2.80. The van der Waals surface area contributed by atoms with Crippen LogP contribution < -0.4 is 5.73 Å². The van der Waals surface area contributed by atoms with E-state index in [1.54, 1.807) is 0 Å². The second-order valence-electron chi connectivity index (χ2n) is 4.69. The summed E-state index contributed by atoms with van der Waals surface area (Å²) in [4.78, 5) is 1.48. The van der Waals surface area contributed by atoms with Crippen molar-refractivity contribution in [2.45, 2.75) is 48.7 Å². The second kappa shape index (κ2) is 5.74. The molecule has 0 heterocycles. The van der Waals surface area contributed by atoms with Gasteiger partial charge in [0.05, 0.1) is 0 Å². The SMILES string of the molecule is CC(CCN)c1ccccc1SC1CCC1. The van der Waals surface area contributed by atoms with Crippen molar-refractivity contribution in [3.05, 3.63) is 29.8 Å². The molecule has 2 heteroatoms. The van der Waals surface area contributed by atoms with Gasteiger partial charge in [-0.15, -0.1) is 11.8 Å². The highest BCUT2D eigenvalue weighted by molar-refractivity contribution is 8.00. The van der Waals surface area contributed by atoms with Crippen LogP contribution in [0, 0.1) is 0 Å². The van der Waals surface area contributed by atoms with E-state index in [1.807, 2.05) is 0 Å². The first-order chi connectivity index (χ1) is 7.81. The molecule has 0 spiro atoms. The molecule has 1 atom stereocenters. The molecule has 1 unspecified atom stereocenters. The molecule has 2 N–H and O–H groups in total. The predicted octanol–water partition coefficient (Wildman–Crippen LogP) is 3.78. The lowest BCUT2D eigenvalue weighted by atomic mass is 9.98. The topological polar surface area (TPSA) is 26.0 Å². The number of hydrogen-bond donors (Lipinski definition) is 1. The summed E-state index contributed by atoms with van der Waals surface area (Å²) in [6.45, 7) is 3.07. The average molecular weight is 235 g/mol. The summed E-state index contributed by atoms with van der Waals surface area (Å²) in [6, 6.07) is 8.83. The van der Waals surface area contributed by atoms with Gasteiger partial charge in [-0.05, 0) is 43.4 Å². The van der Waals surface area contributed by atoms with E-state index in [-0.39, 0.29) is 0 Å². The van der Waals surface area contributed by atoms with Crippen LogP contribution in [0.3, 0.4) is 0 Å². The monoisotopic (exact) mass is 235 g/mol. The van der Waals surface area contributed by atoms with Crippen LogP contribution in [0.2, 0.25) is 0 Å². The normalized spacial score (nSPS) is 18.1. The highest BCUT2D eigenvalue weighted by Gasteiger charge is 2.20. The van der Waals surface area contributed by atoms with Crippen molar-refractivity contribution in [1.29, 1.82) is 0 Å². The lowest BCUT2D eigenvalue weighted by Crippen LogP contribution is -2.13. The molecular weight excluding hydrogens is 214 g/mol. The van der Waals surface area contributed by atoms with Crippen molar-refractivity contribution < 1.29 is 0 Å². The molecule has 1 nitrogen and oxygen atoms in total. The summed E-state index contributed by atoms with van der Waals surface area (Å²) >= 11 is 2.07. The molecule has 1 saturated carbocycles. The van der Waals surface area contributed by atoms with Gasteiger partial charge in [-0.3, -0.25) is 0 Å². The van der Waals surface area contributed by atoms with Gasteiger partial charge < -0.3 is 5.73 Å². The summed E-state index contributed by atoms with van der Waals surface area (Å²) in [6.07, 6.45) is 5.29. The number of benzene rings is 1. The number of thioether (sulfide) groups is 1. The molecule has 0 radical (unpaired) electrons. The molecule has 1 fully saturated rings. The van der Waals surface area contributed by atoms with Crippen LogP contribution in [0.4, 0.5) is 0 Å². The third-order valence-electron chi connectivity index (χ3n) is 3.40. The first-order valence-corrected chi connectivity index (χ1v) is 7.15. The molecule has 1 aromatic carbocycles. The average Bonchev–Trinajstić information content (AvgIpc) is 2.24. The van der Waals surface area contributed by atoms with Gasteiger partial charge in [-0.2, -0.15) is 0 Å². The Balaban J connectivity index is 2.09. The predicted molar refractivity (Wildman–Crippen MR) is 72.0 cm³/mol. The van der Waals surface area contributed by atoms with Crippen LogP contribution in [-0.4, -0.2) is 11.8 Å².